The van der Waals surface area contributed by atoms with Crippen molar-refractivity contribution in [2.24, 2.45) is 0 Å². The average molecular weight is 326 g/mol. The van der Waals surface area contributed by atoms with Crippen LogP contribution in [0.1, 0.15) is 61.0 Å². The van der Waals surface area contributed by atoms with Crippen molar-refractivity contribution < 1.29 is 4.79 Å². The fraction of sp³-hybridized carbons (Fsp3) is 0.421. The van der Waals surface area contributed by atoms with E-state index in [0.29, 0.717) is 23.9 Å². The van der Waals surface area contributed by atoms with E-state index in [2.05, 4.69) is 46.6 Å². The van der Waals surface area contributed by atoms with E-state index in [9.17, 15) is 4.79 Å². The zero-order chi connectivity index (χ0) is 17.4. The summed E-state index contributed by atoms with van der Waals surface area (Å²) in [5.41, 5.74) is 1.57. The van der Waals surface area contributed by atoms with Crippen LogP contribution in [0.2, 0.25) is 0 Å². The van der Waals surface area contributed by atoms with Crippen LogP contribution in [-0.4, -0.2) is 22.4 Å². The van der Waals surface area contributed by atoms with Crippen LogP contribution >= 0.6 is 0 Å². The molecule has 0 saturated heterocycles. The van der Waals surface area contributed by atoms with Gasteiger partial charge in [-0.05, 0) is 25.8 Å². The van der Waals surface area contributed by atoms with Crippen LogP contribution in [0.15, 0.2) is 36.4 Å². The number of rotatable bonds is 8. The highest BCUT2D eigenvalue weighted by atomic mass is 16.1. The molecule has 2 aromatic rings. The smallest absolute Gasteiger partial charge is 0.270 e. The normalized spacial score (nSPS) is 11.8. The Labute approximate surface area is 143 Å². The van der Waals surface area contributed by atoms with E-state index < -0.39 is 0 Å². The molecule has 0 bridgehead atoms. The lowest BCUT2D eigenvalue weighted by Gasteiger charge is -2.15. The van der Waals surface area contributed by atoms with Gasteiger partial charge in [0.1, 0.15) is 17.3 Å². The number of carbonyl (C=O) groups is 1. The van der Waals surface area contributed by atoms with E-state index in [4.69, 9.17) is 0 Å². The summed E-state index contributed by atoms with van der Waals surface area (Å²) in [4.78, 5) is 20.9. The summed E-state index contributed by atoms with van der Waals surface area (Å²) in [6, 6.07) is 11.9. The topological polar surface area (TPSA) is 66.9 Å². The van der Waals surface area contributed by atoms with Gasteiger partial charge < -0.3 is 10.6 Å². The number of aromatic nitrogens is 2. The predicted molar refractivity (Wildman–Crippen MR) is 97.1 cm³/mol. The number of nitrogens with zero attached hydrogens (tertiary/aromatic N) is 2. The first-order chi connectivity index (χ1) is 11.6. The number of aryl methyl sites for hydroxylation is 1. The maximum atomic E-state index is 12.2. The predicted octanol–water partition coefficient (Wildman–Crippen LogP) is 3.88. The molecule has 1 heterocycles. The van der Waals surface area contributed by atoms with Gasteiger partial charge in [0.05, 0.1) is 0 Å². The van der Waals surface area contributed by atoms with E-state index in [0.717, 1.165) is 19.3 Å². The molecular formula is C19H26N4O. The van der Waals surface area contributed by atoms with Gasteiger partial charge in [0.15, 0.2) is 0 Å². The van der Waals surface area contributed by atoms with Gasteiger partial charge >= 0.3 is 0 Å². The van der Waals surface area contributed by atoms with Crippen LogP contribution in [0.4, 0.5) is 5.82 Å². The maximum Gasteiger partial charge on any atom is 0.270 e. The van der Waals surface area contributed by atoms with Crippen LogP contribution < -0.4 is 10.6 Å². The number of amides is 1. The largest absolute Gasteiger partial charge is 0.363 e. The Morgan fingerprint density at radius 2 is 1.92 bits per heavy atom. The van der Waals surface area contributed by atoms with Crippen molar-refractivity contribution in [3.05, 3.63) is 53.5 Å². The monoisotopic (exact) mass is 326 g/mol. The molecule has 1 atom stereocenters. The first-order valence-electron chi connectivity index (χ1n) is 8.55. The van der Waals surface area contributed by atoms with Crippen molar-refractivity contribution in [3.63, 3.8) is 0 Å². The fourth-order valence-electron chi connectivity index (χ4n) is 2.47. The standard InChI is InChI=1S/C19H26N4O/c1-4-5-9-12-20-19(24)17-13-18(23-15(3)22-17)21-14(2)16-10-7-6-8-11-16/h6-8,10-11,13-14H,4-5,9,12H2,1-3H3,(H,20,24)(H,21,22,23). The van der Waals surface area contributed by atoms with Crippen LogP contribution in [0.3, 0.4) is 0 Å². The Morgan fingerprint density at radius 1 is 1.17 bits per heavy atom. The van der Waals surface area contributed by atoms with Crippen molar-refractivity contribution in [2.75, 3.05) is 11.9 Å². The van der Waals surface area contributed by atoms with Crippen molar-refractivity contribution in [1.29, 1.82) is 0 Å². The van der Waals surface area contributed by atoms with E-state index in [-0.39, 0.29) is 11.9 Å². The molecule has 128 valence electrons. The molecule has 0 saturated carbocycles. The number of unbranched alkanes of at least 4 members (excludes halogenated alkanes) is 2. The summed E-state index contributed by atoms with van der Waals surface area (Å²) in [5.74, 6) is 1.10. The highest BCUT2D eigenvalue weighted by molar-refractivity contribution is 5.92. The van der Waals surface area contributed by atoms with Gasteiger partial charge in [-0.3, -0.25) is 4.79 Å². The second kappa shape index (κ2) is 9.01. The summed E-state index contributed by atoms with van der Waals surface area (Å²) in [5, 5.41) is 6.26. The molecule has 0 spiro atoms. The van der Waals surface area contributed by atoms with Gasteiger partial charge in [-0.1, -0.05) is 50.1 Å². The zero-order valence-corrected chi connectivity index (χ0v) is 14.7. The molecule has 0 radical (unpaired) electrons. The van der Waals surface area contributed by atoms with Gasteiger partial charge in [0.2, 0.25) is 0 Å². The van der Waals surface area contributed by atoms with Crippen molar-refractivity contribution in [3.8, 4) is 0 Å². The molecule has 1 unspecified atom stereocenters. The molecule has 24 heavy (non-hydrogen) atoms. The van der Waals surface area contributed by atoms with Crippen LogP contribution in [0.25, 0.3) is 0 Å². The zero-order valence-electron chi connectivity index (χ0n) is 14.7. The van der Waals surface area contributed by atoms with Crippen LogP contribution in [0, 0.1) is 6.92 Å². The molecule has 0 aliphatic heterocycles. The molecular weight excluding hydrogens is 300 g/mol. The van der Waals surface area contributed by atoms with Gasteiger partial charge in [0.25, 0.3) is 5.91 Å². The molecule has 5 nitrogen and oxygen atoms in total. The first kappa shape index (κ1) is 17.9. The minimum Gasteiger partial charge on any atom is -0.363 e. The number of hydrogen-bond donors (Lipinski definition) is 2. The number of hydrogen-bond acceptors (Lipinski definition) is 4. The van der Waals surface area contributed by atoms with Gasteiger partial charge in [0, 0.05) is 18.7 Å². The van der Waals surface area contributed by atoms with Gasteiger partial charge in [-0.15, -0.1) is 0 Å². The number of carbonyl (C=O) groups excluding carboxylic acids is 1. The van der Waals surface area contributed by atoms with E-state index in [1.807, 2.05) is 18.2 Å². The lowest BCUT2D eigenvalue weighted by atomic mass is 10.1. The Morgan fingerprint density at radius 3 is 2.62 bits per heavy atom. The summed E-state index contributed by atoms with van der Waals surface area (Å²) in [6.45, 7) is 6.68. The van der Waals surface area contributed by atoms with E-state index >= 15 is 0 Å². The highest BCUT2D eigenvalue weighted by Gasteiger charge is 2.12. The van der Waals surface area contributed by atoms with E-state index in [1.165, 1.54) is 5.56 Å². The Kier molecular flexibility index (Phi) is 6.73. The molecule has 5 heteroatoms. The van der Waals surface area contributed by atoms with Gasteiger partial charge in [-0.2, -0.15) is 0 Å². The molecule has 2 rings (SSSR count). The first-order valence-corrected chi connectivity index (χ1v) is 8.55. The minimum atomic E-state index is -0.146. The third-order valence-corrected chi connectivity index (χ3v) is 3.80. The Hall–Kier alpha value is -2.43. The molecule has 0 aliphatic carbocycles. The summed E-state index contributed by atoms with van der Waals surface area (Å²) < 4.78 is 0. The fourth-order valence-corrected chi connectivity index (χ4v) is 2.47. The SMILES string of the molecule is CCCCCNC(=O)c1cc(NC(C)c2ccccc2)nc(C)n1. The summed E-state index contributed by atoms with van der Waals surface area (Å²) in [7, 11) is 0. The third-order valence-electron chi connectivity index (χ3n) is 3.80. The lowest BCUT2D eigenvalue weighted by Crippen LogP contribution is -2.26. The molecule has 0 aliphatic rings. The molecule has 0 fully saturated rings. The number of benzene rings is 1. The lowest BCUT2D eigenvalue weighted by molar-refractivity contribution is 0.0947. The van der Waals surface area contributed by atoms with Crippen molar-refractivity contribution in [1.82, 2.24) is 15.3 Å². The average Bonchev–Trinajstić information content (AvgIpc) is 2.58. The number of anilines is 1. The second-order valence-corrected chi connectivity index (χ2v) is 5.93. The Bertz CT molecular complexity index is 658. The van der Waals surface area contributed by atoms with Crippen molar-refractivity contribution in [2.45, 2.75) is 46.1 Å². The summed E-state index contributed by atoms with van der Waals surface area (Å²) in [6.07, 6.45) is 3.24. The molecule has 1 amide bonds. The third kappa shape index (κ3) is 5.33. The quantitative estimate of drug-likeness (QED) is 0.723. The summed E-state index contributed by atoms with van der Waals surface area (Å²) >= 11 is 0. The van der Waals surface area contributed by atoms with Crippen LogP contribution in [0.5, 0.6) is 0 Å². The molecule has 2 N–H and O–H groups in total. The highest BCUT2D eigenvalue weighted by Crippen LogP contribution is 2.18. The number of nitrogens with one attached hydrogen (secondary N) is 2. The molecule has 1 aromatic heterocycles. The van der Waals surface area contributed by atoms with Gasteiger partial charge in [-0.25, -0.2) is 9.97 Å². The van der Waals surface area contributed by atoms with Crippen molar-refractivity contribution >= 4 is 11.7 Å². The Balaban J connectivity index is 2.04. The second-order valence-electron chi connectivity index (χ2n) is 5.93. The minimum absolute atomic E-state index is 0.0981. The van der Waals surface area contributed by atoms with Crippen LogP contribution in [-0.2, 0) is 0 Å². The maximum absolute atomic E-state index is 12.2. The van der Waals surface area contributed by atoms with E-state index in [1.54, 1.807) is 13.0 Å². The molecule has 1 aromatic carbocycles.